The van der Waals surface area contributed by atoms with Crippen LogP contribution in [0.5, 0.6) is 17.2 Å². The van der Waals surface area contributed by atoms with Crippen molar-refractivity contribution >= 4 is 11.6 Å². The second-order valence-electron chi connectivity index (χ2n) is 7.45. The number of methoxy groups -OCH3 is 1. The number of carbonyl (C=O) groups is 1. The molecular formula is C26H29NO4. The molecule has 0 heterocycles. The molecule has 0 radical (unpaired) electrons. The molecule has 3 aromatic carbocycles. The van der Waals surface area contributed by atoms with Crippen LogP contribution in [0.3, 0.4) is 0 Å². The lowest BCUT2D eigenvalue weighted by Crippen LogP contribution is -2.14. The van der Waals surface area contributed by atoms with Gasteiger partial charge < -0.3 is 19.5 Å². The number of anilines is 1. The van der Waals surface area contributed by atoms with Gasteiger partial charge in [0, 0.05) is 11.1 Å². The Morgan fingerprint density at radius 1 is 0.871 bits per heavy atom. The molecule has 0 aliphatic carbocycles. The molecule has 0 aliphatic heterocycles. The third-order valence-electron chi connectivity index (χ3n) is 5.10. The van der Waals surface area contributed by atoms with Gasteiger partial charge in [0.1, 0.15) is 23.9 Å². The number of hydrogen-bond donors (Lipinski definition) is 1. The fraction of sp³-hybridized carbons (Fsp3) is 0.269. The molecule has 0 atom stereocenters. The van der Waals surface area contributed by atoms with Crippen LogP contribution < -0.4 is 19.5 Å². The fourth-order valence-electron chi connectivity index (χ4n) is 3.21. The SMILES string of the molecule is CCOc1ccc(C(=O)Nc2cc(C)ccc2OC)cc1COc1ccc(C)c(C)c1. The minimum atomic E-state index is -0.223. The topological polar surface area (TPSA) is 56.8 Å². The van der Waals surface area contributed by atoms with Crippen molar-refractivity contribution in [2.24, 2.45) is 0 Å². The Balaban J connectivity index is 1.82. The highest BCUT2D eigenvalue weighted by molar-refractivity contribution is 6.05. The van der Waals surface area contributed by atoms with Gasteiger partial charge in [-0.1, -0.05) is 12.1 Å². The fourth-order valence-corrected chi connectivity index (χ4v) is 3.21. The van der Waals surface area contributed by atoms with Crippen molar-refractivity contribution in [2.75, 3.05) is 19.0 Å². The van der Waals surface area contributed by atoms with E-state index in [1.807, 2.05) is 62.4 Å². The van der Waals surface area contributed by atoms with Crippen LogP contribution in [-0.2, 0) is 6.61 Å². The molecule has 0 spiro atoms. The Morgan fingerprint density at radius 2 is 1.65 bits per heavy atom. The second-order valence-corrected chi connectivity index (χ2v) is 7.45. The monoisotopic (exact) mass is 419 g/mol. The van der Waals surface area contributed by atoms with E-state index in [0.29, 0.717) is 36.0 Å². The molecule has 0 aromatic heterocycles. The Morgan fingerprint density at radius 3 is 2.35 bits per heavy atom. The number of hydrogen-bond acceptors (Lipinski definition) is 4. The number of nitrogens with one attached hydrogen (secondary N) is 1. The second kappa shape index (κ2) is 10.0. The zero-order chi connectivity index (χ0) is 22.4. The highest BCUT2D eigenvalue weighted by Gasteiger charge is 2.14. The van der Waals surface area contributed by atoms with Crippen molar-refractivity contribution in [3.8, 4) is 17.2 Å². The molecule has 0 aliphatic rings. The average molecular weight is 420 g/mol. The smallest absolute Gasteiger partial charge is 0.255 e. The molecule has 5 nitrogen and oxygen atoms in total. The summed E-state index contributed by atoms with van der Waals surface area (Å²) in [6, 6.07) is 17.0. The van der Waals surface area contributed by atoms with Gasteiger partial charge in [-0.05, 0) is 86.8 Å². The van der Waals surface area contributed by atoms with Gasteiger partial charge in [0.15, 0.2) is 0 Å². The maximum Gasteiger partial charge on any atom is 0.255 e. The van der Waals surface area contributed by atoms with Crippen molar-refractivity contribution in [2.45, 2.75) is 34.3 Å². The minimum absolute atomic E-state index is 0.223. The van der Waals surface area contributed by atoms with Crippen LogP contribution in [0.4, 0.5) is 5.69 Å². The quantitative estimate of drug-likeness (QED) is 0.498. The highest BCUT2D eigenvalue weighted by Crippen LogP contribution is 2.27. The van der Waals surface area contributed by atoms with Gasteiger partial charge in [0.05, 0.1) is 19.4 Å². The summed E-state index contributed by atoms with van der Waals surface area (Å²) >= 11 is 0. The first-order valence-electron chi connectivity index (χ1n) is 10.3. The first kappa shape index (κ1) is 22.2. The van der Waals surface area contributed by atoms with Crippen LogP contribution in [0.2, 0.25) is 0 Å². The van der Waals surface area contributed by atoms with Gasteiger partial charge in [-0.2, -0.15) is 0 Å². The molecule has 3 rings (SSSR count). The molecule has 31 heavy (non-hydrogen) atoms. The maximum absolute atomic E-state index is 12.9. The summed E-state index contributed by atoms with van der Waals surface area (Å²) in [5.41, 5.74) is 5.38. The molecule has 3 aromatic rings. The predicted molar refractivity (Wildman–Crippen MR) is 124 cm³/mol. The molecule has 0 bridgehead atoms. The first-order chi connectivity index (χ1) is 14.9. The molecule has 1 amide bonds. The zero-order valence-electron chi connectivity index (χ0n) is 18.7. The molecule has 0 unspecified atom stereocenters. The molecule has 5 heteroatoms. The summed E-state index contributed by atoms with van der Waals surface area (Å²) in [5.74, 6) is 1.88. The van der Waals surface area contributed by atoms with E-state index in [1.54, 1.807) is 13.2 Å². The molecule has 162 valence electrons. The highest BCUT2D eigenvalue weighted by atomic mass is 16.5. The lowest BCUT2D eigenvalue weighted by atomic mass is 10.1. The predicted octanol–water partition coefficient (Wildman–Crippen LogP) is 5.85. The number of amides is 1. The number of carbonyl (C=O) groups excluding carboxylic acids is 1. The summed E-state index contributed by atoms with van der Waals surface area (Å²) in [6.07, 6.45) is 0. The Hall–Kier alpha value is -3.47. The van der Waals surface area contributed by atoms with Crippen LogP contribution in [0.25, 0.3) is 0 Å². The van der Waals surface area contributed by atoms with Gasteiger partial charge in [0.25, 0.3) is 5.91 Å². The van der Waals surface area contributed by atoms with E-state index in [9.17, 15) is 4.79 Å². The van der Waals surface area contributed by atoms with E-state index in [0.717, 1.165) is 16.9 Å². The molecule has 0 saturated carbocycles. The summed E-state index contributed by atoms with van der Waals surface area (Å²) in [4.78, 5) is 12.9. The summed E-state index contributed by atoms with van der Waals surface area (Å²) in [5, 5.41) is 2.94. The molecular weight excluding hydrogens is 390 g/mol. The number of benzene rings is 3. The number of ether oxygens (including phenoxy) is 3. The molecule has 1 N–H and O–H groups in total. The molecule has 0 saturated heterocycles. The zero-order valence-corrected chi connectivity index (χ0v) is 18.7. The average Bonchev–Trinajstić information content (AvgIpc) is 2.75. The van der Waals surface area contributed by atoms with E-state index >= 15 is 0 Å². The van der Waals surface area contributed by atoms with Crippen molar-refractivity contribution in [1.82, 2.24) is 0 Å². The molecule has 0 fully saturated rings. The first-order valence-corrected chi connectivity index (χ1v) is 10.3. The van der Waals surface area contributed by atoms with Gasteiger partial charge in [-0.15, -0.1) is 0 Å². The van der Waals surface area contributed by atoms with Gasteiger partial charge in [0.2, 0.25) is 0 Å². The van der Waals surface area contributed by atoms with Crippen LogP contribution in [-0.4, -0.2) is 19.6 Å². The van der Waals surface area contributed by atoms with E-state index in [4.69, 9.17) is 14.2 Å². The van der Waals surface area contributed by atoms with Crippen LogP contribution in [0.15, 0.2) is 54.6 Å². The number of aryl methyl sites for hydroxylation is 3. The summed E-state index contributed by atoms with van der Waals surface area (Å²) in [6.45, 7) is 8.85. The Labute approximate surface area is 184 Å². The van der Waals surface area contributed by atoms with Crippen LogP contribution in [0.1, 0.15) is 39.5 Å². The maximum atomic E-state index is 12.9. The van der Waals surface area contributed by atoms with Gasteiger partial charge in [-0.3, -0.25) is 4.79 Å². The van der Waals surface area contributed by atoms with E-state index in [2.05, 4.69) is 19.2 Å². The van der Waals surface area contributed by atoms with E-state index < -0.39 is 0 Å². The third-order valence-corrected chi connectivity index (χ3v) is 5.10. The van der Waals surface area contributed by atoms with Gasteiger partial charge >= 0.3 is 0 Å². The number of rotatable bonds is 8. The normalized spacial score (nSPS) is 10.5. The lowest BCUT2D eigenvalue weighted by Gasteiger charge is -2.15. The van der Waals surface area contributed by atoms with Gasteiger partial charge in [-0.25, -0.2) is 0 Å². The Bertz CT molecular complexity index is 1070. The summed E-state index contributed by atoms with van der Waals surface area (Å²) in [7, 11) is 1.58. The largest absolute Gasteiger partial charge is 0.495 e. The van der Waals surface area contributed by atoms with Crippen molar-refractivity contribution in [3.05, 3.63) is 82.4 Å². The van der Waals surface area contributed by atoms with Crippen LogP contribution in [0, 0.1) is 20.8 Å². The van der Waals surface area contributed by atoms with Crippen molar-refractivity contribution in [3.63, 3.8) is 0 Å². The minimum Gasteiger partial charge on any atom is -0.495 e. The van der Waals surface area contributed by atoms with Crippen molar-refractivity contribution in [1.29, 1.82) is 0 Å². The van der Waals surface area contributed by atoms with E-state index in [-0.39, 0.29) is 5.91 Å². The Kier molecular flexibility index (Phi) is 7.19. The van der Waals surface area contributed by atoms with E-state index in [1.165, 1.54) is 11.1 Å². The lowest BCUT2D eigenvalue weighted by molar-refractivity contribution is 0.102. The standard InChI is InChI=1S/C26H29NO4/c1-6-30-24-12-9-20(26(28)27-23-13-17(2)7-11-25(23)29-5)15-21(24)16-31-22-10-8-18(3)19(4)14-22/h7-15H,6,16H2,1-5H3,(H,27,28). The third kappa shape index (κ3) is 5.57. The van der Waals surface area contributed by atoms with Crippen LogP contribution >= 0.6 is 0 Å². The summed E-state index contributed by atoms with van der Waals surface area (Å²) < 4.78 is 17.1. The van der Waals surface area contributed by atoms with Crippen molar-refractivity contribution < 1.29 is 19.0 Å².